The number of carboxylic acids is 1. The topological polar surface area (TPSA) is 86.6 Å². The number of amides is 1. The summed E-state index contributed by atoms with van der Waals surface area (Å²) in [6.07, 6.45) is 0. The number of benzene rings is 2. The zero-order chi connectivity index (χ0) is 17.8. The van der Waals surface area contributed by atoms with Crippen LogP contribution in [0.15, 0.2) is 48.5 Å². The normalized spacial score (nSPS) is 28.8. The summed E-state index contributed by atoms with van der Waals surface area (Å²) >= 11 is 0. The highest BCUT2D eigenvalue weighted by atomic mass is 16.4. The Kier molecular flexibility index (Phi) is 3.44. The Hall–Kier alpha value is -2.66. The van der Waals surface area contributed by atoms with Gasteiger partial charge in [-0.1, -0.05) is 48.5 Å². The van der Waals surface area contributed by atoms with Gasteiger partial charge in [-0.25, -0.2) is 0 Å². The Bertz CT molecular complexity index is 828. The molecule has 2 bridgehead atoms. The van der Waals surface area contributed by atoms with Crippen molar-refractivity contribution in [1.29, 1.82) is 0 Å². The van der Waals surface area contributed by atoms with Gasteiger partial charge in [-0.15, -0.1) is 0 Å². The maximum Gasteiger partial charge on any atom is 0.311 e. The number of fused-ring (bicyclic) bond motifs is 1. The van der Waals surface area contributed by atoms with Crippen LogP contribution < -0.4 is 5.32 Å². The standard InChI is InChI=1S/C20H19NO4/c1-2-21-18(22)16-15-11-7-3-5-9-13(11)20(25,17(16)19(23)24)14-10-6-4-8-12(14)15/h3-10,15-17,25H,2H2,1H3,(H,21,22)(H,23,24). The molecule has 0 radical (unpaired) electrons. The van der Waals surface area contributed by atoms with Crippen LogP contribution in [0.4, 0.5) is 0 Å². The maximum atomic E-state index is 12.8. The fourth-order valence-electron chi connectivity index (χ4n) is 4.64. The monoisotopic (exact) mass is 337 g/mol. The summed E-state index contributed by atoms with van der Waals surface area (Å²) in [5, 5.41) is 24.4. The summed E-state index contributed by atoms with van der Waals surface area (Å²) in [5.41, 5.74) is 1.12. The third kappa shape index (κ3) is 1.93. The van der Waals surface area contributed by atoms with Crippen molar-refractivity contribution < 1.29 is 19.8 Å². The number of hydrogen-bond acceptors (Lipinski definition) is 3. The van der Waals surface area contributed by atoms with E-state index in [9.17, 15) is 19.8 Å². The number of aliphatic hydroxyl groups is 1. The molecule has 1 amide bonds. The molecule has 0 aliphatic heterocycles. The van der Waals surface area contributed by atoms with E-state index in [1.165, 1.54) is 0 Å². The third-order valence-electron chi connectivity index (χ3n) is 5.50. The van der Waals surface area contributed by atoms with Crippen molar-refractivity contribution in [3.63, 3.8) is 0 Å². The van der Waals surface area contributed by atoms with Gasteiger partial charge in [-0.05, 0) is 29.2 Å². The lowest BCUT2D eigenvalue weighted by molar-refractivity contribution is -0.162. The highest BCUT2D eigenvalue weighted by Gasteiger charge is 2.63. The summed E-state index contributed by atoms with van der Waals surface area (Å²) in [7, 11) is 0. The van der Waals surface area contributed by atoms with E-state index in [0.717, 1.165) is 11.1 Å². The van der Waals surface area contributed by atoms with Crippen molar-refractivity contribution in [2.75, 3.05) is 6.54 Å². The third-order valence-corrected chi connectivity index (χ3v) is 5.50. The van der Waals surface area contributed by atoms with Crippen LogP contribution in [-0.2, 0) is 15.2 Å². The summed E-state index contributed by atoms with van der Waals surface area (Å²) in [6.45, 7) is 2.21. The molecule has 5 heteroatoms. The molecule has 0 aromatic heterocycles. The zero-order valence-electron chi connectivity index (χ0n) is 13.8. The first-order valence-corrected chi connectivity index (χ1v) is 8.43. The van der Waals surface area contributed by atoms with Crippen molar-refractivity contribution >= 4 is 11.9 Å². The van der Waals surface area contributed by atoms with E-state index in [1.54, 1.807) is 31.2 Å². The lowest BCUT2D eigenvalue weighted by Crippen LogP contribution is -2.58. The maximum absolute atomic E-state index is 12.8. The van der Waals surface area contributed by atoms with Crippen molar-refractivity contribution in [3.05, 3.63) is 70.8 Å². The second-order valence-electron chi connectivity index (χ2n) is 6.65. The molecule has 2 aromatic carbocycles. The van der Waals surface area contributed by atoms with Gasteiger partial charge in [0.2, 0.25) is 5.91 Å². The molecule has 3 aliphatic rings. The molecule has 2 atom stereocenters. The van der Waals surface area contributed by atoms with E-state index in [4.69, 9.17) is 0 Å². The predicted octanol–water partition coefficient (Wildman–Crippen LogP) is 1.83. The van der Waals surface area contributed by atoms with Crippen molar-refractivity contribution in [1.82, 2.24) is 5.32 Å². The average molecular weight is 337 g/mol. The van der Waals surface area contributed by atoms with Crippen LogP contribution in [0.25, 0.3) is 0 Å². The van der Waals surface area contributed by atoms with Gasteiger partial charge in [0, 0.05) is 12.5 Å². The number of rotatable bonds is 3. The van der Waals surface area contributed by atoms with Gasteiger partial charge < -0.3 is 15.5 Å². The molecule has 0 spiro atoms. The Morgan fingerprint density at radius 3 is 2.04 bits per heavy atom. The summed E-state index contributed by atoms with van der Waals surface area (Å²) in [6, 6.07) is 14.6. The summed E-state index contributed by atoms with van der Waals surface area (Å²) < 4.78 is 0. The molecule has 128 valence electrons. The number of hydrogen-bond donors (Lipinski definition) is 3. The molecule has 5 nitrogen and oxygen atoms in total. The average Bonchev–Trinajstić information content (AvgIpc) is 2.61. The quantitative estimate of drug-likeness (QED) is 0.797. The molecule has 0 heterocycles. The fraction of sp³-hybridized carbons (Fsp3) is 0.300. The van der Waals surface area contributed by atoms with Gasteiger partial charge in [-0.3, -0.25) is 9.59 Å². The molecular weight excluding hydrogens is 318 g/mol. The molecule has 0 saturated carbocycles. The van der Waals surface area contributed by atoms with Crippen molar-refractivity contribution in [2.45, 2.75) is 18.4 Å². The Morgan fingerprint density at radius 2 is 1.56 bits per heavy atom. The zero-order valence-corrected chi connectivity index (χ0v) is 13.8. The smallest absolute Gasteiger partial charge is 0.311 e. The number of carboxylic acid groups (broad SMARTS) is 1. The molecule has 25 heavy (non-hydrogen) atoms. The lowest BCUT2D eigenvalue weighted by Gasteiger charge is -2.53. The van der Waals surface area contributed by atoms with Gasteiger partial charge in [0.25, 0.3) is 0 Å². The SMILES string of the molecule is CCNC(=O)C1C2c3ccccc3C(O)(c3ccccc32)C1C(=O)O. The molecule has 0 fully saturated rings. The molecule has 5 rings (SSSR count). The van der Waals surface area contributed by atoms with Gasteiger partial charge in [0.1, 0.15) is 11.5 Å². The molecule has 2 unspecified atom stereocenters. The Labute approximate surface area is 145 Å². The summed E-state index contributed by atoms with van der Waals surface area (Å²) in [4.78, 5) is 24.9. The van der Waals surface area contributed by atoms with Crippen molar-refractivity contribution in [2.24, 2.45) is 11.8 Å². The Balaban J connectivity index is 2.06. The Morgan fingerprint density at radius 1 is 1.04 bits per heavy atom. The largest absolute Gasteiger partial charge is 0.481 e. The lowest BCUT2D eigenvalue weighted by atomic mass is 9.51. The van der Waals surface area contributed by atoms with Gasteiger partial charge in [0.05, 0.1) is 5.92 Å². The van der Waals surface area contributed by atoms with Crippen LogP contribution in [-0.4, -0.2) is 28.6 Å². The second kappa shape index (κ2) is 5.43. The van der Waals surface area contributed by atoms with Crippen LogP contribution >= 0.6 is 0 Å². The minimum atomic E-state index is -1.72. The number of nitrogens with one attached hydrogen (secondary N) is 1. The second-order valence-corrected chi connectivity index (χ2v) is 6.65. The first kappa shape index (κ1) is 15.8. The van der Waals surface area contributed by atoms with Gasteiger partial charge in [-0.2, -0.15) is 0 Å². The molecule has 3 N–H and O–H groups in total. The van der Waals surface area contributed by atoms with E-state index in [1.807, 2.05) is 24.3 Å². The summed E-state index contributed by atoms with van der Waals surface area (Å²) in [5.74, 6) is -3.95. The van der Waals surface area contributed by atoms with E-state index in [-0.39, 0.29) is 11.8 Å². The van der Waals surface area contributed by atoms with Crippen molar-refractivity contribution in [3.8, 4) is 0 Å². The molecule has 3 aliphatic carbocycles. The molecule has 2 aromatic rings. The first-order chi connectivity index (χ1) is 12.0. The minimum Gasteiger partial charge on any atom is -0.481 e. The molecular formula is C20H19NO4. The number of carbonyl (C=O) groups excluding carboxylic acids is 1. The highest BCUT2D eigenvalue weighted by Crippen LogP contribution is 2.60. The highest BCUT2D eigenvalue weighted by molar-refractivity contribution is 5.90. The van der Waals surface area contributed by atoms with E-state index >= 15 is 0 Å². The van der Waals surface area contributed by atoms with Gasteiger partial charge in [0.15, 0.2) is 0 Å². The minimum absolute atomic E-state index is 0.331. The first-order valence-electron chi connectivity index (χ1n) is 8.43. The number of carbonyl (C=O) groups is 2. The van der Waals surface area contributed by atoms with Crippen LogP contribution in [0.2, 0.25) is 0 Å². The van der Waals surface area contributed by atoms with Crippen LogP contribution in [0.3, 0.4) is 0 Å². The van der Waals surface area contributed by atoms with E-state index in [0.29, 0.717) is 17.7 Å². The number of aliphatic carboxylic acids is 1. The fourth-order valence-corrected chi connectivity index (χ4v) is 4.64. The van der Waals surface area contributed by atoms with Crippen LogP contribution in [0, 0.1) is 11.8 Å². The van der Waals surface area contributed by atoms with E-state index in [2.05, 4.69) is 5.32 Å². The molecule has 0 saturated heterocycles. The predicted molar refractivity (Wildman–Crippen MR) is 91.0 cm³/mol. The van der Waals surface area contributed by atoms with Crippen LogP contribution in [0.5, 0.6) is 0 Å². The van der Waals surface area contributed by atoms with E-state index < -0.39 is 23.4 Å². The van der Waals surface area contributed by atoms with Crippen LogP contribution in [0.1, 0.15) is 35.1 Å². The van der Waals surface area contributed by atoms with Gasteiger partial charge >= 0.3 is 5.97 Å².